The number of likely N-dealkylation sites (N-methyl/N-ethyl adjacent to an activating group) is 2. The summed E-state index contributed by atoms with van der Waals surface area (Å²) in [6, 6.07) is 6.70. The first kappa shape index (κ1) is 54.1. The quantitative estimate of drug-likeness (QED) is 0.0845. The number of benzene rings is 1. The van der Waals surface area contributed by atoms with Crippen LogP contribution in [0.5, 0.6) is 0 Å². The summed E-state index contributed by atoms with van der Waals surface area (Å²) in [5, 5.41) is 17.2. The standard InChI is InChI=1S/C46H71N9O9S2/c1-13-28(4)37(33(62-11)24-34(56)55-23-17-20-32(55)39(63-12)29(5)42(59)50-30(6)38(58)31-18-15-14-16-19-31)53(9)35(57)25-49-43(60)36(27(2)3)54(10)45(61)64-26-46(7,8)66-65-44-51-40-41(52-44)48-22-21-47-40/h14-16,18-19,21-22,27-30,32-33,36-39,58H,13,17,20,23-26H2,1-12H3,(H,49,60)(H,50,59)(H,47,48,51,52). The van der Waals surface area contributed by atoms with Crippen molar-refractivity contribution < 1.29 is 43.3 Å². The molecule has 9 atom stereocenters. The molecule has 1 aromatic carbocycles. The van der Waals surface area contributed by atoms with E-state index in [9.17, 15) is 29.1 Å². The van der Waals surface area contributed by atoms with Crippen LogP contribution in [-0.4, -0.2) is 159 Å². The fraction of sp³-hybridized carbons (Fsp3) is 0.652. The molecule has 366 valence electrons. The SMILES string of the molecule is CCC(C)C(C(CC(=O)N1CCCC1C(OC)C(C)C(=O)NC(C)C(O)c1ccccc1)OC)N(C)C(=O)CNC(=O)C(C(C)C)N(C)C(=O)OCC(C)(C)SSc1nc2nccnc2[nH]1. The lowest BCUT2D eigenvalue weighted by atomic mass is 9.90. The second-order valence-corrected chi connectivity index (χ2v) is 20.9. The lowest BCUT2D eigenvalue weighted by Gasteiger charge is -2.39. The van der Waals surface area contributed by atoms with Gasteiger partial charge in [-0.1, -0.05) is 82.2 Å². The average Bonchev–Trinajstić information content (AvgIpc) is 3.97. The minimum atomic E-state index is -0.937. The van der Waals surface area contributed by atoms with Gasteiger partial charge in [0.15, 0.2) is 16.5 Å². The first-order valence-corrected chi connectivity index (χ1v) is 24.7. The summed E-state index contributed by atoms with van der Waals surface area (Å²) >= 11 is 0. The Balaban J connectivity index is 1.34. The Labute approximate surface area is 397 Å². The summed E-state index contributed by atoms with van der Waals surface area (Å²) in [6.07, 6.45) is 2.25. The Kier molecular flexibility index (Phi) is 20.5. The normalized spacial score (nSPS) is 17.8. The van der Waals surface area contributed by atoms with Crippen molar-refractivity contribution in [2.24, 2.45) is 17.8 Å². The monoisotopic (exact) mass is 957 g/mol. The molecule has 1 saturated heterocycles. The molecule has 20 heteroatoms. The summed E-state index contributed by atoms with van der Waals surface area (Å²) in [5.41, 5.74) is 1.77. The van der Waals surface area contributed by atoms with Gasteiger partial charge >= 0.3 is 6.09 Å². The van der Waals surface area contributed by atoms with Gasteiger partial charge in [0, 0.05) is 47.3 Å². The van der Waals surface area contributed by atoms with Gasteiger partial charge in [-0.05, 0) is 61.8 Å². The predicted octanol–water partition coefficient (Wildman–Crippen LogP) is 5.24. The number of hydrogen-bond donors (Lipinski definition) is 4. The first-order valence-electron chi connectivity index (χ1n) is 22.6. The van der Waals surface area contributed by atoms with Crippen LogP contribution in [0, 0.1) is 17.8 Å². The second kappa shape index (κ2) is 25.0. The molecule has 4 rings (SSSR count). The van der Waals surface area contributed by atoms with E-state index in [-0.39, 0.29) is 49.3 Å². The van der Waals surface area contributed by atoms with Crippen LogP contribution in [0.3, 0.4) is 0 Å². The smallest absolute Gasteiger partial charge is 0.410 e. The van der Waals surface area contributed by atoms with Gasteiger partial charge in [-0.3, -0.25) is 24.1 Å². The molecule has 3 heterocycles. The maximum atomic E-state index is 14.2. The van der Waals surface area contributed by atoms with Crippen molar-refractivity contribution in [3.8, 4) is 0 Å². The number of likely N-dealkylation sites (tertiary alicyclic amines) is 1. The lowest BCUT2D eigenvalue weighted by molar-refractivity contribution is -0.146. The number of H-pyrrole nitrogens is 1. The lowest BCUT2D eigenvalue weighted by Crippen LogP contribution is -2.56. The van der Waals surface area contributed by atoms with Crippen LogP contribution in [0.15, 0.2) is 47.9 Å². The number of carbonyl (C=O) groups is 5. The third-order valence-electron chi connectivity index (χ3n) is 12.3. The number of aliphatic hydroxyl groups is 1. The molecule has 3 aromatic rings. The molecule has 1 aliphatic rings. The number of aromatic nitrogens is 4. The molecule has 4 N–H and O–H groups in total. The molecule has 1 aliphatic heterocycles. The highest BCUT2D eigenvalue weighted by Crippen LogP contribution is 2.40. The molecule has 2 aromatic heterocycles. The van der Waals surface area contributed by atoms with E-state index in [1.807, 2.05) is 59.7 Å². The summed E-state index contributed by atoms with van der Waals surface area (Å²) in [6.45, 7) is 15.1. The second-order valence-electron chi connectivity index (χ2n) is 18.1. The molecule has 1 fully saturated rings. The van der Waals surface area contributed by atoms with Gasteiger partial charge in [-0.2, -0.15) is 0 Å². The number of amides is 5. The van der Waals surface area contributed by atoms with E-state index in [1.54, 1.807) is 50.3 Å². The van der Waals surface area contributed by atoms with E-state index >= 15 is 0 Å². The number of carbonyl (C=O) groups excluding carboxylic acids is 5. The topological polar surface area (TPSA) is 222 Å². The van der Waals surface area contributed by atoms with Gasteiger partial charge in [0.2, 0.25) is 23.6 Å². The Bertz CT molecular complexity index is 2030. The van der Waals surface area contributed by atoms with Gasteiger partial charge < -0.3 is 44.7 Å². The largest absolute Gasteiger partial charge is 0.448 e. The van der Waals surface area contributed by atoms with Gasteiger partial charge in [0.05, 0.1) is 60.1 Å². The number of fused-ring (bicyclic) bond motifs is 1. The summed E-state index contributed by atoms with van der Waals surface area (Å²) in [7, 11) is 9.02. The van der Waals surface area contributed by atoms with E-state index in [4.69, 9.17) is 14.2 Å². The highest BCUT2D eigenvalue weighted by molar-refractivity contribution is 8.77. The zero-order valence-electron chi connectivity index (χ0n) is 40.5. The van der Waals surface area contributed by atoms with Gasteiger partial charge in [0.1, 0.15) is 12.6 Å². The van der Waals surface area contributed by atoms with Crippen LogP contribution in [0.1, 0.15) is 92.7 Å². The number of methoxy groups -OCH3 is 2. The Morgan fingerprint density at radius 3 is 2.29 bits per heavy atom. The van der Waals surface area contributed by atoms with Crippen LogP contribution < -0.4 is 10.6 Å². The zero-order chi connectivity index (χ0) is 48.9. The molecule has 0 bridgehead atoms. The molecule has 66 heavy (non-hydrogen) atoms. The van der Waals surface area contributed by atoms with E-state index in [0.29, 0.717) is 41.4 Å². The first-order chi connectivity index (χ1) is 31.2. The molecule has 5 amide bonds. The number of nitrogens with zero attached hydrogens (tertiary/aromatic N) is 6. The highest BCUT2D eigenvalue weighted by Gasteiger charge is 2.42. The maximum Gasteiger partial charge on any atom is 0.410 e. The number of ether oxygens (including phenoxy) is 3. The highest BCUT2D eigenvalue weighted by atomic mass is 33.1. The van der Waals surface area contributed by atoms with Crippen molar-refractivity contribution in [1.29, 1.82) is 0 Å². The van der Waals surface area contributed by atoms with E-state index in [0.717, 1.165) is 6.42 Å². The van der Waals surface area contributed by atoms with Crippen molar-refractivity contribution >= 4 is 62.6 Å². The van der Waals surface area contributed by atoms with Crippen molar-refractivity contribution in [2.45, 2.75) is 133 Å². The van der Waals surface area contributed by atoms with Crippen molar-refractivity contribution in [3.05, 3.63) is 48.3 Å². The Morgan fingerprint density at radius 1 is 0.985 bits per heavy atom. The molecular weight excluding hydrogens is 887 g/mol. The maximum absolute atomic E-state index is 14.2. The number of imidazole rings is 1. The molecule has 0 radical (unpaired) electrons. The fourth-order valence-corrected chi connectivity index (χ4v) is 10.4. The van der Waals surface area contributed by atoms with Gasteiger partial charge in [-0.25, -0.2) is 19.7 Å². The molecule has 0 saturated carbocycles. The van der Waals surface area contributed by atoms with Crippen LogP contribution >= 0.6 is 21.6 Å². The molecule has 9 unspecified atom stereocenters. The van der Waals surface area contributed by atoms with Crippen LogP contribution in [0.4, 0.5) is 4.79 Å². The number of aliphatic hydroxyl groups excluding tert-OH is 1. The third kappa shape index (κ3) is 14.3. The number of rotatable bonds is 24. The van der Waals surface area contributed by atoms with Crippen molar-refractivity contribution in [1.82, 2.24) is 45.3 Å². The molecule has 0 spiro atoms. The predicted molar refractivity (Wildman–Crippen MR) is 255 cm³/mol. The van der Waals surface area contributed by atoms with E-state index in [1.165, 1.54) is 52.7 Å². The molecular formula is C46H71N9O9S2. The molecule has 0 aliphatic carbocycles. The average molecular weight is 958 g/mol. The minimum Gasteiger partial charge on any atom is -0.448 e. The molecule has 18 nitrogen and oxygen atoms in total. The number of aromatic amines is 1. The summed E-state index contributed by atoms with van der Waals surface area (Å²) < 4.78 is 17.1. The zero-order valence-corrected chi connectivity index (χ0v) is 42.1. The summed E-state index contributed by atoms with van der Waals surface area (Å²) in [4.78, 5) is 89.1. The van der Waals surface area contributed by atoms with Crippen molar-refractivity contribution in [2.75, 3.05) is 48.0 Å². The Hall–Kier alpha value is -4.50. The van der Waals surface area contributed by atoms with Crippen molar-refractivity contribution in [3.63, 3.8) is 0 Å². The third-order valence-corrected chi connectivity index (χ3v) is 15.4. The van der Waals surface area contributed by atoms with Crippen LogP contribution in [-0.2, 0) is 33.4 Å². The van der Waals surface area contributed by atoms with Gasteiger partial charge in [0.25, 0.3) is 0 Å². The van der Waals surface area contributed by atoms with E-state index in [2.05, 4.69) is 30.6 Å². The fourth-order valence-electron chi connectivity index (χ4n) is 8.41. The van der Waals surface area contributed by atoms with Crippen LogP contribution in [0.2, 0.25) is 0 Å². The number of hydrogen-bond acceptors (Lipinski definition) is 14. The Morgan fingerprint density at radius 2 is 1.67 bits per heavy atom. The summed E-state index contributed by atoms with van der Waals surface area (Å²) in [5.74, 6) is -2.45. The number of nitrogens with one attached hydrogen (secondary N) is 3. The van der Waals surface area contributed by atoms with Crippen LogP contribution in [0.25, 0.3) is 11.3 Å². The van der Waals surface area contributed by atoms with Gasteiger partial charge in [-0.15, -0.1) is 0 Å². The minimum absolute atomic E-state index is 0.0332. The van der Waals surface area contributed by atoms with E-state index < -0.39 is 65.0 Å².